The van der Waals surface area contributed by atoms with Crippen LogP contribution in [0, 0.1) is 11.7 Å². The van der Waals surface area contributed by atoms with Gasteiger partial charge >= 0.3 is 0 Å². The molecule has 0 amide bonds. The van der Waals surface area contributed by atoms with Crippen molar-refractivity contribution >= 4 is 0 Å². The zero-order valence-corrected chi connectivity index (χ0v) is 21.8. The summed E-state index contributed by atoms with van der Waals surface area (Å²) < 4.78 is 14.6. The van der Waals surface area contributed by atoms with Gasteiger partial charge in [0.2, 0.25) is 0 Å². The average Bonchev–Trinajstić information content (AvgIpc) is 2.87. The van der Waals surface area contributed by atoms with Crippen molar-refractivity contribution in [2.24, 2.45) is 5.92 Å². The summed E-state index contributed by atoms with van der Waals surface area (Å²) in [5.41, 5.74) is 2.85. The van der Waals surface area contributed by atoms with E-state index in [4.69, 9.17) is 0 Å². The van der Waals surface area contributed by atoms with E-state index in [1.54, 1.807) is 6.07 Å². The molecule has 0 radical (unpaired) electrons. The minimum atomic E-state index is -0.121. The zero-order chi connectivity index (χ0) is 24.0. The van der Waals surface area contributed by atoms with Crippen LogP contribution in [-0.2, 0) is 6.42 Å². The van der Waals surface area contributed by atoms with Gasteiger partial charge in [0, 0.05) is 18.0 Å². The van der Waals surface area contributed by atoms with E-state index in [0.29, 0.717) is 11.7 Å². The van der Waals surface area contributed by atoms with Gasteiger partial charge in [0.1, 0.15) is 5.82 Å². The fourth-order valence-electron chi connectivity index (χ4n) is 5.50. The maximum Gasteiger partial charge on any atom is 0.159 e. The Balaban J connectivity index is 1.43. The van der Waals surface area contributed by atoms with Crippen LogP contribution in [0.5, 0.6) is 0 Å². The summed E-state index contributed by atoms with van der Waals surface area (Å²) in [5, 5.41) is 0. The molecule has 1 aromatic carbocycles. The van der Waals surface area contributed by atoms with E-state index in [9.17, 15) is 4.39 Å². The normalized spacial score (nSPS) is 18.3. The summed E-state index contributed by atoms with van der Waals surface area (Å²) in [6, 6.07) is 5.52. The fraction of sp³-hybridized carbons (Fsp3) is 0.677. The van der Waals surface area contributed by atoms with Crippen molar-refractivity contribution in [1.82, 2.24) is 9.97 Å². The Labute approximate surface area is 208 Å². The molecule has 3 heteroatoms. The van der Waals surface area contributed by atoms with Gasteiger partial charge in [0.25, 0.3) is 0 Å². The van der Waals surface area contributed by atoms with Crippen molar-refractivity contribution in [1.29, 1.82) is 0 Å². The first-order valence-electron chi connectivity index (χ1n) is 14.3. The van der Waals surface area contributed by atoms with E-state index in [0.717, 1.165) is 29.9 Å². The number of aromatic nitrogens is 2. The predicted octanol–water partition coefficient (Wildman–Crippen LogP) is 9.82. The summed E-state index contributed by atoms with van der Waals surface area (Å²) in [6.07, 6.45) is 25.8. The third-order valence-corrected chi connectivity index (χ3v) is 7.82. The van der Waals surface area contributed by atoms with E-state index >= 15 is 0 Å². The van der Waals surface area contributed by atoms with Crippen molar-refractivity contribution in [2.45, 2.75) is 129 Å². The van der Waals surface area contributed by atoms with Crippen LogP contribution >= 0.6 is 0 Å². The third-order valence-electron chi connectivity index (χ3n) is 7.82. The monoisotopic (exact) mass is 466 g/mol. The second-order valence-electron chi connectivity index (χ2n) is 10.6. The maximum atomic E-state index is 14.6. The van der Waals surface area contributed by atoms with Gasteiger partial charge in [-0.25, -0.2) is 14.4 Å². The molecule has 3 rings (SSSR count). The maximum absolute atomic E-state index is 14.6. The molecule has 34 heavy (non-hydrogen) atoms. The van der Waals surface area contributed by atoms with Gasteiger partial charge < -0.3 is 0 Å². The first-order valence-corrected chi connectivity index (χ1v) is 14.3. The SMILES string of the molecule is CCCCCCCC[C@H]1CC[C@H](c2cnc(-c3ccc(CCCCCCC)c(F)c3)nc2)CC1. The van der Waals surface area contributed by atoms with Crippen molar-refractivity contribution < 1.29 is 4.39 Å². The minimum Gasteiger partial charge on any atom is -0.236 e. The molecule has 0 unspecified atom stereocenters. The number of rotatable bonds is 15. The lowest BCUT2D eigenvalue weighted by Gasteiger charge is -2.28. The van der Waals surface area contributed by atoms with E-state index in [1.165, 1.54) is 102 Å². The second kappa shape index (κ2) is 15.3. The lowest BCUT2D eigenvalue weighted by atomic mass is 9.77. The Morgan fingerprint density at radius 1 is 0.765 bits per heavy atom. The van der Waals surface area contributed by atoms with Gasteiger partial charge in [-0.2, -0.15) is 0 Å². The van der Waals surface area contributed by atoms with Gasteiger partial charge in [0.15, 0.2) is 5.82 Å². The number of unbranched alkanes of at least 4 members (excludes halogenated alkanes) is 9. The van der Waals surface area contributed by atoms with Crippen molar-refractivity contribution in [3.8, 4) is 11.4 Å². The van der Waals surface area contributed by atoms with E-state index < -0.39 is 0 Å². The van der Waals surface area contributed by atoms with Crippen molar-refractivity contribution in [3.63, 3.8) is 0 Å². The number of hydrogen-bond donors (Lipinski definition) is 0. The molecule has 1 saturated carbocycles. The molecular formula is C31H47FN2. The Morgan fingerprint density at radius 3 is 2.03 bits per heavy atom. The minimum absolute atomic E-state index is 0.121. The molecule has 2 aromatic rings. The van der Waals surface area contributed by atoms with Crippen LogP contribution in [0.3, 0.4) is 0 Å². The van der Waals surface area contributed by atoms with E-state index in [1.807, 2.05) is 24.5 Å². The number of halogens is 1. The van der Waals surface area contributed by atoms with Crippen LogP contribution in [0.15, 0.2) is 30.6 Å². The van der Waals surface area contributed by atoms with Gasteiger partial charge in [0.05, 0.1) is 0 Å². The highest BCUT2D eigenvalue weighted by molar-refractivity contribution is 5.55. The largest absolute Gasteiger partial charge is 0.236 e. The van der Waals surface area contributed by atoms with Gasteiger partial charge in [-0.3, -0.25) is 0 Å². The molecular weight excluding hydrogens is 419 g/mol. The summed E-state index contributed by atoms with van der Waals surface area (Å²) in [5.74, 6) is 2.01. The second-order valence-corrected chi connectivity index (χ2v) is 10.6. The molecule has 1 heterocycles. The molecule has 0 aliphatic heterocycles. The van der Waals surface area contributed by atoms with Crippen LogP contribution in [0.2, 0.25) is 0 Å². The van der Waals surface area contributed by atoms with Gasteiger partial charge in [-0.15, -0.1) is 0 Å². The highest BCUT2D eigenvalue weighted by Crippen LogP contribution is 2.37. The Hall–Kier alpha value is -1.77. The summed E-state index contributed by atoms with van der Waals surface area (Å²) in [4.78, 5) is 9.23. The Morgan fingerprint density at radius 2 is 1.38 bits per heavy atom. The molecule has 2 nitrogen and oxygen atoms in total. The molecule has 1 aromatic heterocycles. The van der Waals surface area contributed by atoms with E-state index in [2.05, 4.69) is 23.8 Å². The molecule has 0 bridgehead atoms. The van der Waals surface area contributed by atoms with Gasteiger partial charge in [-0.05, 0) is 67.6 Å². The van der Waals surface area contributed by atoms with Crippen LogP contribution in [0.25, 0.3) is 11.4 Å². The van der Waals surface area contributed by atoms with Crippen LogP contribution in [0.4, 0.5) is 4.39 Å². The molecule has 188 valence electrons. The number of hydrogen-bond acceptors (Lipinski definition) is 2. The first-order chi connectivity index (χ1) is 16.7. The van der Waals surface area contributed by atoms with Crippen LogP contribution < -0.4 is 0 Å². The molecule has 1 aliphatic carbocycles. The highest BCUT2D eigenvalue weighted by Gasteiger charge is 2.22. The lowest BCUT2D eigenvalue weighted by molar-refractivity contribution is 0.301. The van der Waals surface area contributed by atoms with Crippen molar-refractivity contribution in [3.05, 3.63) is 47.5 Å². The molecule has 0 spiro atoms. The number of benzene rings is 1. The third kappa shape index (κ3) is 8.78. The molecule has 1 fully saturated rings. The molecule has 0 N–H and O–H groups in total. The van der Waals surface area contributed by atoms with Gasteiger partial charge in [-0.1, -0.05) is 96.6 Å². The lowest BCUT2D eigenvalue weighted by Crippen LogP contribution is -2.14. The summed E-state index contributed by atoms with van der Waals surface area (Å²) >= 11 is 0. The predicted molar refractivity (Wildman–Crippen MR) is 143 cm³/mol. The topological polar surface area (TPSA) is 25.8 Å². The molecule has 0 atom stereocenters. The van der Waals surface area contributed by atoms with Crippen LogP contribution in [-0.4, -0.2) is 9.97 Å². The van der Waals surface area contributed by atoms with Crippen molar-refractivity contribution in [2.75, 3.05) is 0 Å². The molecule has 1 aliphatic rings. The number of nitrogens with zero attached hydrogens (tertiary/aromatic N) is 2. The Bertz CT molecular complexity index is 809. The first kappa shape index (κ1) is 26.8. The summed E-state index contributed by atoms with van der Waals surface area (Å²) in [7, 11) is 0. The fourth-order valence-corrected chi connectivity index (χ4v) is 5.50. The number of aryl methyl sites for hydroxylation is 1. The quantitative estimate of drug-likeness (QED) is 0.244. The highest BCUT2D eigenvalue weighted by atomic mass is 19.1. The standard InChI is InChI=1S/C31H47FN2/c1-3-5-7-9-11-12-14-25-16-18-26(19-17-25)29-23-33-31(34-24-29)28-21-20-27(30(32)22-28)15-13-10-8-6-4-2/h20-26H,3-19H2,1-2H3/t25-,26-. The van der Waals surface area contributed by atoms with Crippen LogP contribution in [0.1, 0.15) is 134 Å². The zero-order valence-electron chi connectivity index (χ0n) is 21.8. The molecule has 0 saturated heterocycles. The Kier molecular flexibility index (Phi) is 12.1. The smallest absolute Gasteiger partial charge is 0.159 e. The average molecular weight is 467 g/mol. The van der Waals surface area contributed by atoms with E-state index in [-0.39, 0.29) is 5.82 Å². The summed E-state index contributed by atoms with van der Waals surface area (Å²) in [6.45, 7) is 4.50.